The fourth-order valence-electron chi connectivity index (χ4n) is 8.99. The van der Waals surface area contributed by atoms with Crippen LogP contribution in [-0.2, 0) is 34.1 Å². The van der Waals surface area contributed by atoms with Crippen LogP contribution in [0.2, 0.25) is 0 Å². The number of alkyl halides is 1. The number of ketones is 1. The van der Waals surface area contributed by atoms with E-state index in [1.807, 2.05) is 69.1 Å². The van der Waals surface area contributed by atoms with Crippen LogP contribution >= 0.6 is 11.3 Å². The second-order valence-corrected chi connectivity index (χ2v) is 22.0. The van der Waals surface area contributed by atoms with Gasteiger partial charge in [0.1, 0.15) is 48.7 Å². The molecule has 2 aliphatic rings. The van der Waals surface area contributed by atoms with E-state index in [4.69, 9.17) is 14.2 Å². The number of carbonyl (C=O) groups is 4. The van der Waals surface area contributed by atoms with Crippen LogP contribution in [0.15, 0.2) is 84.6 Å². The van der Waals surface area contributed by atoms with E-state index in [2.05, 4.69) is 25.6 Å². The summed E-state index contributed by atoms with van der Waals surface area (Å²) in [7, 11) is -4.38. The van der Waals surface area contributed by atoms with Gasteiger partial charge in [-0.3, -0.25) is 23.9 Å². The third-order valence-electron chi connectivity index (χ3n) is 13.1. The van der Waals surface area contributed by atoms with Crippen molar-refractivity contribution in [1.82, 2.24) is 34.8 Å². The number of nitrogens with one attached hydrogen (secondary N) is 4. The molecule has 0 unspecified atom stereocenters. The molecule has 4 N–H and O–H groups in total. The number of thiazole rings is 1. The van der Waals surface area contributed by atoms with Crippen molar-refractivity contribution in [2.24, 2.45) is 5.41 Å². The minimum Gasteiger partial charge on any atom is -0.491 e. The molecule has 22 heteroatoms. The number of aryl methyl sites for hydroxylation is 1. The van der Waals surface area contributed by atoms with Crippen molar-refractivity contribution in [2.45, 2.75) is 78.2 Å². The number of carbonyl (C=O) groups excluding carboxylic acids is 4. The van der Waals surface area contributed by atoms with E-state index in [9.17, 15) is 32.0 Å². The van der Waals surface area contributed by atoms with Crippen LogP contribution in [0.1, 0.15) is 80.2 Å². The van der Waals surface area contributed by atoms with E-state index >= 15 is 8.78 Å². The van der Waals surface area contributed by atoms with Crippen molar-refractivity contribution in [2.75, 3.05) is 57.4 Å². The summed E-state index contributed by atoms with van der Waals surface area (Å²) in [5, 5.41) is 6.19. The van der Waals surface area contributed by atoms with E-state index in [0.29, 0.717) is 36.3 Å². The van der Waals surface area contributed by atoms with Crippen LogP contribution in [0.4, 0.5) is 18.9 Å². The van der Waals surface area contributed by atoms with Crippen molar-refractivity contribution < 1.29 is 55.0 Å². The average Bonchev–Trinajstić information content (AvgIpc) is 4.23. The van der Waals surface area contributed by atoms with Gasteiger partial charge in [0, 0.05) is 48.5 Å². The molecule has 3 aromatic heterocycles. The number of H-pyrrole nitrogens is 1. The van der Waals surface area contributed by atoms with Crippen LogP contribution in [0.5, 0.6) is 5.75 Å². The Labute approximate surface area is 436 Å². The number of likely N-dealkylation sites (tertiary alicyclic amines) is 1. The summed E-state index contributed by atoms with van der Waals surface area (Å²) in [4.78, 5) is 68.6. The molecular weight excluding hydrogens is 1010 g/mol. The second kappa shape index (κ2) is 23.4. The molecule has 0 bridgehead atoms. The van der Waals surface area contributed by atoms with Crippen molar-refractivity contribution in [3.8, 4) is 27.3 Å². The van der Waals surface area contributed by atoms with E-state index in [1.165, 1.54) is 6.20 Å². The van der Waals surface area contributed by atoms with Crippen LogP contribution in [0.25, 0.3) is 32.6 Å². The fraction of sp³-hybridized carbons (Fsp3) is 0.396. The van der Waals surface area contributed by atoms with Crippen molar-refractivity contribution in [3.05, 3.63) is 119 Å². The first kappa shape index (κ1) is 54.5. The van der Waals surface area contributed by atoms with Gasteiger partial charge in [0.2, 0.25) is 23.5 Å². The third-order valence-corrected chi connectivity index (χ3v) is 15.6. The largest absolute Gasteiger partial charge is 0.491 e. The van der Waals surface area contributed by atoms with Gasteiger partial charge in [0.05, 0.1) is 53.2 Å². The number of aromatic nitrogens is 3. The Morgan fingerprint density at radius 1 is 0.893 bits per heavy atom. The highest BCUT2D eigenvalue weighted by molar-refractivity contribution is 7.90. The molecule has 2 fully saturated rings. The topological polar surface area (TPSA) is 214 Å². The quantitative estimate of drug-likeness (QED) is 0.0405. The number of anilines is 1. The fourth-order valence-corrected chi connectivity index (χ4v) is 11.1. The first-order chi connectivity index (χ1) is 35.8. The Hall–Kier alpha value is -6.72. The van der Waals surface area contributed by atoms with Crippen LogP contribution in [0, 0.1) is 24.0 Å². The first-order valence-corrected chi connectivity index (χ1v) is 26.8. The van der Waals surface area contributed by atoms with E-state index in [0.717, 1.165) is 38.1 Å². The standard InChI is InChI=1S/C53H59F3N8O9S2/c1-31(33-8-10-35(11-9-33)48-32(2)59-30-74-48)60-51(67)43-7-6-19-64(43)52(68)49(53(3,4)5)61-44(65)29-72-22-21-71-23-24-73-38-14-12-34(13-15-38)36-25-39-40(27-58-50(39)57-26-36)47(66)45-41(55)16-17-42(46(45)56)62-75(69,70)63-20-18-37(54)28-63/h8-17,25-27,30-31,37,43,49,62H,6-7,18-24,28-29H2,1-5H3,(H,57,58)(H,60,67)(H,61,65)/t31-,37+,43-,49+/m0/s1. The lowest BCUT2D eigenvalue weighted by molar-refractivity contribution is -0.144. The maximum atomic E-state index is 15.7. The van der Waals surface area contributed by atoms with Crippen LogP contribution in [0.3, 0.4) is 0 Å². The third kappa shape index (κ3) is 12.9. The number of hydrogen-bond acceptors (Lipinski definition) is 12. The summed E-state index contributed by atoms with van der Waals surface area (Å²) in [6.07, 6.45) is 2.61. The molecule has 0 spiro atoms. The molecule has 8 rings (SSSR count). The van der Waals surface area contributed by atoms with Gasteiger partial charge in [0.15, 0.2) is 5.82 Å². The summed E-state index contributed by atoms with van der Waals surface area (Å²) < 4.78 is 90.0. The van der Waals surface area contributed by atoms with E-state index < -0.39 is 75.0 Å². The number of benzene rings is 3. The van der Waals surface area contributed by atoms with Crippen molar-refractivity contribution >= 4 is 61.8 Å². The molecule has 398 valence electrons. The molecule has 2 saturated heterocycles. The number of fused-ring (bicyclic) bond motifs is 1. The smallest absolute Gasteiger partial charge is 0.301 e. The molecule has 3 aromatic carbocycles. The normalized spacial score (nSPS) is 17.0. The zero-order valence-corrected chi connectivity index (χ0v) is 43.7. The monoisotopic (exact) mass is 1070 g/mol. The van der Waals surface area contributed by atoms with Gasteiger partial charge in [-0.2, -0.15) is 12.7 Å². The number of nitrogens with zero attached hydrogens (tertiary/aromatic N) is 4. The SMILES string of the molecule is Cc1ncsc1-c1ccc([C@H](C)NC(=O)[C@@H]2CCCN2C(=O)[C@@H](NC(=O)COCCOCCOc2ccc(-c3cnc4[nH]cc(C(=O)c5c(F)ccc(NS(=O)(=O)N6CC[C@@H](F)C6)c5F)c4c3)cc2)C(C)(C)C)cc1. The van der Waals surface area contributed by atoms with Crippen LogP contribution in [-0.4, -0.2) is 127 Å². The second-order valence-electron chi connectivity index (χ2n) is 19.5. The molecule has 17 nitrogen and oxygen atoms in total. The lowest BCUT2D eigenvalue weighted by atomic mass is 9.85. The van der Waals surface area contributed by atoms with Gasteiger partial charge in [-0.15, -0.1) is 11.3 Å². The molecular formula is C53H59F3N8O9S2. The number of ether oxygens (including phenoxy) is 3. The molecule has 2 aliphatic heterocycles. The number of pyridine rings is 1. The molecule has 75 heavy (non-hydrogen) atoms. The summed E-state index contributed by atoms with van der Waals surface area (Å²) in [5.41, 5.74) is 3.90. The first-order valence-electron chi connectivity index (χ1n) is 24.5. The highest BCUT2D eigenvalue weighted by Crippen LogP contribution is 2.33. The highest BCUT2D eigenvalue weighted by atomic mass is 32.2. The van der Waals surface area contributed by atoms with Crippen molar-refractivity contribution in [3.63, 3.8) is 0 Å². The molecule has 6 aromatic rings. The maximum absolute atomic E-state index is 15.7. The molecule has 0 aliphatic carbocycles. The predicted octanol–water partition coefficient (Wildman–Crippen LogP) is 7.68. The summed E-state index contributed by atoms with van der Waals surface area (Å²) >= 11 is 1.58. The van der Waals surface area contributed by atoms with Gasteiger partial charge in [-0.05, 0) is 85.5 Å². The van der Waals surface area contributed by atoms with Crippen LogP contribution < -0.4 is 20.1 Å². The number of aromatic amines is 1. The molecule has 0 radical (unpaired) electrons. The van der Waals surface area contributed by atoms with Gasteiger partial charge in [-0.1, -0.05) is 57.2 Å². The predicted molar refractivity (Wildman–Crippen MR) is 277 cm³/mol. The summed E-state index contributed by atoms with van der Waals surface area (Å²) in [6.45, 7) is 9.68. The van der Waals surface area contributed by atoms with Gasteiger partial charge < -0.3 is 34.7 Å². The average molecular weight is 1070 g/mol. The molecule has 4 atom stereocenters. The number of halogens is 3. The number of amides is 3. The number of rotatable bonds is 21. The Morgan fingerprint density at radius 3 is 2.31 bits per heavy atom. The molecule has 5 heterocycles. The van der Waals surface area contributed by atoms with Gasteiger partial charge >= 0.3 is 10.2 Å². The van der Waals surface area contributed by atoms with E-state index in [1.54, 1.807) is 52.8 Å². The molecule has 3 amide bonds. The minimum absolute atomic E-state index is 0.0162. The Morgan fingerprint density at radius 2 is 1.61 bits per heavy atom. The zero-order valence-electron chi connectivity index (χ0n) is 42.1. The summed E-state index contributed by atoms with van der Waals surface area (Å²) in [6, 6.07) is 16.4. The van der Waals surface area contributed by atoms with E-state index in [-0.39, 0.29) is 80.5 Å². The number of hydrogen-bond donors (Lipinski definition) is 4. The Balaban J connectivity index is 0.766. The zero-order chi connectivity index (χ0) is 53.6. The summed E-state index contributed by atoms with van der Waals surface area (Å²) in [5.74, 6) is -4.20. The minimum atomic E-state index is -4.38. The Kier molecular flexibility index (Phi) is 17.0. The van der Waals surface area contributed by atoms with Gasteiger partial charge in [-0.25, -0.2) is 23.1 Å². The lowest BCUT2D eigenvalue weighted by Crippen LogP contribution is -2.58. The Bertz CT molecular complexity index is 3150. The van der Waals surface area contributed by atoms with Crippen molar-refractivity contribution in [1.29, 1.82) is 0 Å². The maximum Gasteiger partial charge on any atom is 0.301 e. The van der Waals surface area contributed by atoms with Gasteiger partial charge in [0.25, 0.3) is 0 Å². The highest BCUT2D eigenvalue weighted by Gasteiger charge is 2.42. The molecule has 0 saturated carbocycles. The lowest BCUT2D eigenvalue weighted by Gasteiger charge is -2.35.